The van der Waals surface area contributed by atoms with Crippen LogP contribution in [0.4, 0.5) is 4.39 Å². The molecule has 0 N–H and O–H groups in total. The Morgan fingerprint density at radius 2 is 2.22 bits per heavy atom. The fourth-order valence-electron chi connectivity index (χ4n) is 1.59. The molecule has 2 aromatic heterocycles. The smallest absolute Gasteiger partial charge is 0.254 e. The van der Waals surface area contributed by atoms with Crippen LogP contribution in [0.2, 0.25) is 0 Å². The molecule has 4 nitrogen and oxygen atoms in total. The van der Waals surface area contributed by atoms with Gasteiger partial charge in [-0.05, 0) is 17.7 Å². The molecule has 0 spiro atoms. The number of pyridine rings is 2. The Kier molecular flexibility index (Phi) is 3.62. The summed E-state index contributed by atoms with van der Waals surface area (Å²) >= 11 is 0. The number of halogens is 1. The first-order chi connectivity index (χ1) is 8.66. The SMILES string of the molecule is CN(Cc1cccnc1)C(=O)c1ccnc(F)c1. The van der Waals surface area contributed by atoms with Crippen LogP contribution in [-0.2, 0) is 6.54 Å². The van der Waals surface area contributed by atoms with Crippen molar-refractivity contribution in [1.29, 1.82) is 0 Å². The summed E-state index contributed by atoms with van der Waals surface area (Å²) in [5.41, 5.74) is 1.21. The molecule has 0 bridgehead atoms. The highest BCUT2D eigenvalue weighted by Gasteiger charge is 2.12. The number of nitrogens with zero attached hydrogens (tertiary/aromatic N) is 3. The monoisotopic (exact) mass is 245 g/mol. The van der Waals surface area contributed by atoms with Crippen molar-refractivity contribution in [2.75, 3.05) is 7.05 Å². The molecule has 0 aliphatic heterocycles. The molecule has 0 fully saturated rings. The maximum Gasteiger partial charge on any atom is 0.254 e. The molecule has 0 saturated heterocycles. The van der Waals surface area contributed by atoms with Crippen LogP contribution < -0.4 is 0 Å². The Hall–Kier alpha value is -2.30. The van der Waals surface area contributed by atoms with Crippen molar-refractivity contribution in [2.24, 2.45) is 0 Å². The molecule has 2 heterocycles. The number of carbonyl (C=O) groups excluding carboxylic acids is 1. The minimum atomic E-state index is -0.657. The highest BCUT2D eigenvalue weighted by atomic mass is 19.1. The van der Waals surface area contributed by atoms with Crippen molar-refractivity contribution in [3.8, 4) is 0 Å². The summed E-state index contributed by atoms with van der Waals surface area (Å²) in [4.78, 5) is 20.9. The number of hydrogen-bond acceptors (Lipinski definition) is 3. The minimum Gasteiger partial charge on any atom is -0.337 e. The highest BCUT2D eigenvalue weighted by Crippen LogP contribution is 2.07. The van der Waals surface area contributed by atoms with Gasteiger partial charge in [-0.15, -0.1) is 0 Å². The molecule has 0 radical (unpaired) electrons. The molecule has 18 heavy (non-hydrogen) atoms. The first-order valence-electron chi connectivity index (χ1n) is 5.43. The third kappa shape index (κ3) is 2.88. The zero-order chi connectivity index (χ0) is 13.0. The molecule has 2 aromatic rings. The molecule has 0 unspecified atom stereocenters. The summed E-state index contributed by atoms with van der Waals surface area (Å²) in [6.45, 7) is 0.427. The topological polar surface area (TPSA) is 46.1 Å². The van der Waals surface area contributed by atoms with E-state index in [4.69, 9.17) is 0 Å². The Labute approximate surface area is 104 Å². The number of amides is 1. The van der Waals surface area contributed by atoms with Crippen LogP contribution in [0.5, 0.6) is 0 Å². The average molecular weight is 245 g/mol. The van der Waals surface area contributed by atoms with Gasteiger partial charge in [-0.25, -0.2) is 4.98 Å². The van der Waals surface area contributed by atoms with Gasteiger partial charge in [0, 0.05) is 43.8 Å². The second-order valence-electron chi connectivity index (χ2n) is 3.89. The van der Waals surface area contributed by atoms with Gasteiger partial charge in [-0.1, -0.05) is 6.07 Å². The van der Waals surface area contributed by atoms with Gasteiger partial charge < -0.3 is 4.90 Å². The van der Waals surface area contributed by atoms with E-state index in [1.807, 2.05) is 6.07 Å². The van der Waals surface area contributed by atoms with Gasteiger partial charge in [0.1, 0.15) is 0 Å². The van der Waals surface area contributed by atoms with Gasteiger partial charge in [0.2, 0.25) is 5.95 Å². The number of aromatic nitrogens is 2. The third-order valence-corrected chi connectivity index (χ3v) is 2.46. The first kappa shape index (κ1) is 12.2. The Bertz CT molecular complexity index is 545. The summed E-state index contributed by atoms with van der Waals surface area (Å²) in [6, 6.07) is 6.30. The molecule has 0 aliphatic rings. The van der Waals surface area contributed by atoms with E-state index in [0.29, 0.717) is 6.54 Å². The molecular formula is C13H12FN3O. The molecular weight excluding hydrogens is 233 g/mol. The maximum absolute atomic E-state index is 12.9. The molecule has 0 saturated carbocycles. The largest absolute Gasteiger partial charge is 0.337 e. The minimum absolute atomic E-state index is 0.250. The van der Waals surface area contributed by atoms with E-state index in [2.05, 4.69) is 9.97 Å². The third-order valence-electron chi connectivity index (χ3n) is 2.46. The highest BCUT2D eigenvalue weighted by molar-refractivity contribution is 5.93. The normalized spacial score (nSPS) is 10.1. The number of rotatable bonds is 3. The van der Waals surface area contributed by atoms with Gasteiger partial charge >= 0.3 is 0 Å². The van der Waals surface area contributed by atoms with Crippen molar-refractivity contribution < 1.29 is 9.18 Å². The predicted molar refractivity (Wildman–Crippen MR) is 64.2 cm³/mol. The van der Waals surface area contributed by atoms with E-state index in [9.17, 15) is 9.18 Å². The first-order valence-corrected chi connectivity index (χ1v) is 5.43. The van der Waals surface area contributed by atoms with Crippen molar-refractivity contribution >= 4 is 5.91 Å². The molecule has 0 atom stereocenters. The summed E-state index contributed by atoms with van der Waals surface area (Å²) in [5, 5.41) is 0. The quantitative estimate of drug-likeness (QED) is 0.776. The number of hydrogen-bond donors (Lipinski definition) is 0. The lowest BCUT2D eigenvalue weighted by Gasteiger charge is -2.16. The van der Waals surface area contributed by atoms with E-state index in [0.717, 1.165) is 11.6 Å². The van der Waals surface area contributed by atoms with Crippen LogP contribution in [0.25, 0.3) is 0 Å². The summed E-state index contributed by atoms with van der Waals surface area (Å²) in [7, 11) is 1.66. The second-order valence-corrected chi connectivity index (χ2v) is 3.89. The van der Waals surface area contributed by atoms with Crippen LogP contribution >= 0.6 is 0 Å². The fourth-order valence-corrected chi connectivity index (χ4v) is 1.59. The standard InChI is InChI=1S/C13H12FN3O/c1-17(9-10-3-2-5-15-8-10)13(18)11-4-6-16-12(14)7-11/h2-8H,9H2,1H3. The molecule has 0 aliphatic carbocycles. The zero-order valence-corrected chi connectivity index (χ0v) is 9.88. The fraction of sp³-hybridized carbons (Fsp3) is 0.154. The van der Waals surface area contributed by atoms with Crippen LogP contribution in [0.1, 0.15) is 15.9 Å². The Morgan fingerprint density at radius 3 is 2.89 bits per heavy atom. The van der Waals surface area contributed by atoms with Gasteiger partial charge in [-0.2, -0.15) is 4.39 Å². The van der Waals surface area contributed by atoms with Crippen molar-refractivity contribution in [3.05, 3.63) is 59.9 Å². The van der Waals surface area contributed by atoms with E-state index in [1.54, 1.807) is 25.5 Å². The van der Waals surface area contributed by atoms with Crippen LogP contribution in [0.3, 0.4) is 0 Å². The van der Waals surface area contributed by atoms with Crippen LogP contribution in [-0.4, -0.2) is 27.8 Å². The molecule has 0 aromatic carbocycles. The van der Waals surface area contributed by atoms with E-state index >= 15 is 0 Å². The van der Waals surface area contributed by atoms with Gasteiger partial charge in [0.15, 0.2) is 0 Å². The van der Waals surface area contributed by atoms with E-state index < -0.39 is 5.95 Å². The van der Waals surface area contributed by atoms with Crippen LogP contribution in [0, 0.1) is 5.95 Å². The van der Waals surface area contributed by atoms with Crippen LogP contribution in [0.15, 0.2) is 42.9 Å². The zero-order valence-electron chi connectivity index (χ0n) is 9.88. The summed E-state index contributed by atoms with van der Waals surface area (Å²) < 4.78 is 12.9. The average Bonchev–Trinajstić information content (AvgIpc) is 2.39. The van der Waals surface area contributed by atoms with Crippen molar-refractivity contribution in [3.63, 3.8) is 0 Å². The van der Waals surface area contributed by atoms with E-state index in [1.165, 1.54) is 17.2 Å². The lowest BCUT2D eigenvalue weighted by Crippen LogP contribution is -2.26. The van der Waals surface area contributed by atoms with Crippen molar-refractivity contribution in [2.45, 2.75) is 6.54 Å². The predicted octanol–water partition coefficient (Wildman–Crippen LogP) is 1.89. The Balaban J connectivity index is 2.10. The molecule has 2 rings (SSSR count). The van der Waals surface area contributed by atoms with Crippen molar-refractivity contribution in [1.82, 2.24) is 14.9 Å². The maximum atomic E-state index is 12.9. The van der Waals surface area contributed by atoms with Gasteiger partial charge in [-0.3, -0.25) is 9.78 Å². The van der Waals surface area contributed by atoms with E-state index in [-0.39, 0.29) is 11.5 Å². The molecule has 92 valence electrons. The molecule has 1 amide bonds. The molecule has 5 heteroatoms. The lowest BCUT2D eigenvalue weighted by atomic mass is 10.2. The summed E-state index contributed by atoms with van der Waals surface area (Å²) in [6.07, 6.45) is 4.64. The Morgan fingerprint density at radius 1 is 1.39 bits per heavy atom. The summed E-state index contributed by atoms with van der Waals surface area (Å²) in [5.74, 6) is -0.907. The van der Waals surface area contributed by atoms with Gasteiger partial charge in [0.05, 0.1) is 0 Å². The second kappa shape index (κ2) is 5.35. The van der Waals surface area contributed by atoms with Gasteiger partial charge in [0.25, 0.3) is 5.91 Å². The number of carbonyl (C=O) groups is 1. The lowest BCUT2D eigenvalue weighted by molar-refractivity contribution is 0.0784.